The zero-order valence-electron chi connectivity index (χ0n) is 16.1. The Hall–Kier alpha value is -1.56. The summed E-state index contributed by atoms with van der Waals surface area (Å²) < 4.78 is 12.8. The van der Waals surface area contributed by atoms with Crippen LogP contribution in [0.4, 0.5) is 0 Å². The highest BCUT2D eigenvalue weighted by Crippen LogP contribution is 2.36. The van der Waals surface area contributed by atoms with Crippen LogP contribution < -0.4 is 14.8 Å². The second-order valence-corrected chi connectivity index (χ2v) is 7.46. The minimum atomic E-state index is 0.521. The van der Waals surface area contributed by atoms with Crippen molar-refractivity contribution in [1.29, 1.82) is 0 Å². The van der Waals surface area contributed by atoms with E-state index in [1.165, 1.54) is 11.1 Å². The molecule has 0 amide bonds. The van der Waals surface area contributed by atoms with E-state index in [2.05, 4.69) is 59.3 Å². The van der Waals surface area contributed by atoms with Crippen LogP contribution in [0.15, 0.2) is 40.9 Å². The number of hydrogen-bond donors (Lipinski definition) is 1. The Kier molecular flexibility index (Phi) is 8.42. The molecule has 0 radical (unpaired) electrons. The SMILES string of the molecule is COc1ccc(Br)c(CNCCCN(C)C)c1OCc1ccccc1C. The van der Waals surface area contributed by atoms with E-state index in [4.69, 9.17) is 9.47 Å². The van der Waals surface area contributed by atoms with Gasteiger partial charge >= 0.3 is 0 Å². The maximum absolute atomic E-state index is 6.20. The van der Waals surface area contributed by atoms with Crippen molar-refractivity contribution in [2.75, 3.05) is 34.3 Å². The van der Waals surface area contributed by atoms with Crippen molar-refractivity contribution in [2.45, 2.75) is 26.5 Å². The molecule has 142 valence electrons. The van der Waals surface area contributed by atoms with E-state index in [-0.39, 0.29) is 0 Å². The fourth-order valence-electron chi connectivity index (χ4n) is 2.72. The fraction of sp³-hybridized carbons (Fsp3) is 0.429. The van der Waals surface area contributed by atoms with E-state index in [9.17, 15) is 0 Å². The van der Waals surface area contributed by atoms with E-state index < -0.39 is 0 Å². The number of halogens is 1. The predicted octanol–water partition coefficient (Wildman–Crippen LogP) is 4.39. The number of methoxy groups -OCH3 is 1. The summed E-state index contributed by atoms with van der Waals surface area (Å²) in [5, 5.41) is 3.51. The van der Waals surface area contributed by atoms with Crippen LogP contribution in [-0.2, 0) is 13.2 Å². The van der Waals surface area contributed by atoms with Crippen LogP contribution in [0.25, 0.3) is 0 Å². The van der Waals surface area contributed by atoms with Gasteiger partial charge in [-0.25, -0.2) is 0 Å². The first-order valence-corrected chi connectivity index (χ1v) is 9.70. The molecule has 2 rings (SSSR count). The Morgan fingerprint density at radius 3 is 2.58 bits per heavy atom. The van der Waals surface area contributed by atoms with Crippen LogP contribution in [0.2, 0.25) is 0 Å². The first-order chi connectivity index (χ1) is 12.5. The molecule has 0 aromatic heterocycles. The number of nitrogens with one attached hydrogen (secondary N) is 1. The molecule has 0 atom stereocenters. The Labute approximate surface area is 165 Å². The van der Waals surface area contributed by atoms with Gasteiger partial charge < -0.3 is 19.7 Å². The number of ether oxygens (including phenoxy) is 2. The number of nitrogens with zero attached hydrogens (tertiary/aromatic N) is 1. The molecule has 4 nitrogen and oxygen atoms in total. The third-order valence-corrected chi connectivity index (χ3v) is 5.02. The van der Waals surface area contributed by atoms with Crippen LogP contribution in [-0.4, -0.2) is 39.2 Å². The third kappa shape index (κ3) is 6.01. The van der Waals surface area contributed by atoms with Crippen molar-refractivity contribution >= 4 is 15.9 Å². The summed E-state index contributed by atoms with van der Waals surface area (Å²) in [6.07, 6.45) is 1.11. The Bertz CT molecular complexity index is 704. The van der Waals surface area contributed by atoms with Gasteiger partial charge in [-0.15, -0.1) is 0 Å². The van der Waals surface area contributed by atoms with E-state index >= 15 is 0 Å². The Balaban J connectivity index is 2.10. The highest BCUT2D eigenvalue weighted by molar-refractivity contribution is 9.10. The molecule has 26 heavy (non-hydrogen) atoms. The van der Waals surface area contributed by atoms with Gasteiger partial charge in [0.1, 0.15) is 6.61 Å². The molecule has 1 N–H and O–H groups in total. The quantitative estimate of drug-likeness (QED) is 0.577. The van der Waals surface area contributed by atoms with Crippen molar-refractivity contribution in [3.8, 4) is 11.5 Å². The summed E-state index contributed by atoms with van der Waals surface area (Å²) in [6.45, 7) is 5.38. The van der Waals surface area contributed by atoms with Crippen LogP contribution >= 0.6 is 15.9 Å². The molecule has 0 spiro atoms. The summed E-state index contributed by atoms with van der Waals surface area (Å²) in [4.78, 5) is 2.19. The zero-order valence-corrected chi connectivity index (χ0v) is 17.7. The molecule has 0 saturated carbocycles. The van der Waals surface area contributed by atoms with E-state index in [1.54, 1.807) is 7.11 Å². The molecule has 2 aromatic rings. The van der Waals surface area contributed by atoms with Gasteiger partial charge in [-0.05, 0) is 63.8 Å². The smallest absolute Gasteiger partial charge is 0.167 e. The minimum absolute atomic E-state index is 0.521. The number of rotatable bonds is 10. The van der Waals surface area contributed by atoms with Crippen LogP contribution in [0, 0.1) is 6.92 Å². The summed E-state index contributed by atoms with van der Waals surface area (Å²) in [6, 6.07) is 12.2. The average molecular weight is 421 g/mol. The number of benzene rings is 2. The van der Waals surface area contributed by atoms with E-state index in [0.717, 1.165) is 47.6 Å². The molecule has 2 aromatic carbocycles. The second kappa shape index (κ2) is 10.6. The van der Waals surface area contributed by atoms with Crippen LogP contribution in [0.1, 0.15) is 23.1 Å². The lowest BCUT2D eigenvalue weighted by molar-refractivity contribution is 0.279. The van der Waals surface area contributed by atoms with Crippen LogP contribution in [0.3, 0.4) is 0 Å². The molecule has 0 aliphatic rings. The van der Waals surface area contributed by atoms with Crippen LogP contribution in [0.5, 0.6) is 11.5 Å². The third-order valence-electron chi connectivity index (χ3n) is 4.28. The molecular formula is C21H29BrN2O2. The van der Waals surface area contributed by atoms with E-state index in [0.29, 0.717) is 6.61 Å². The molecule has 0 unspecified atom stereocenters. The van der Waals surface area contributed by atoms with Crippen molar-refractivity contribution in [3.63, 3.8) is 0 Å². The summed E-state index contributed by atoms with van der Waals surface area (Å²) >= 11 is 3.66. The normalized spacial score (nSPS) is 11.0. The van der Waals surface area contributed by atoms with E-state index in [1.807, 2.05) is 24.3 Å². The van der Waals surface area contributed by atoms with Gasteiger partial charge in [0.15, 0.2) is 11.5 Å². The maximum Gasteiger partial charge on any atom is 0.167 e. The molecule has 0 bridgehead atoms. The number of aryl methyl sites for hydroxylation is 1. The second-order valence-electron chi connectivity index (χ2n) is 6.61. The maximum atomic E-state index is 6.20. The highest BCUT2D eigenvalue weighted by Gasteiger charge is 2.15. The lowest BCUT2D eigenvalue weighted by atomic mass is 10.1. The van der Waals surface area contributed by atoms with Gasteiger partial charge in [-0.1, -0.05) is 40.2 Å². The molecule has 0 aliphatic carbocycles. The van der Waals surface area contributed by atoms with Crippen molar-refractivity contribution < 1.29 is 9.47 Å². The first-order valence-electron chi connectivity index (χ1n) is 8.91. The van der Waals surface area contributed by atoms with Gasteiger partial charge in [0.2, 0.25) is 0 Å². The Morgan fingerprint density at radius 1 is 1.12 bits per heavy atom. The Morgan fingerprint density at radius 2 is 1.88 bits per heavy atom. The van der Waals surface area contributed by atoms with Gasteiger partial charge in [0, 0.05) is 16.6 Å². The number of hydrogen-bond acceptors (Lipinski definition) is 4. The zero-order chi connectivity index (χ0) is 18.9. The van der Waals surface area contributed by atoms with Gasteiger partial charge in [0.25, 0.3) is 0 Å². The molecule has 0 aliphatic heterocycles. The van der Waals surface area contributed by atoms with Gasteiger partial charge in [-0.3, -0.25) is 0 Å². The molecule has 0 heterocycles. The summed E-state index contributed by atoms with van der Waals surface area (Å²) in [5.74, 6) is 1.55. The van der Waals surface area contributed by atoms with Crippen molar-refractivity contribution in [1.82, 2.24) is 10.2 Å². The standard InChI is InChI=1S/C21H29BrN2O2/c1-16-8-5-6-9-17(16)15-26-21-18(14-23-12-7-13-24(2)3)19(22)10-11-20(21)25-4/h5-6,8-11,23H,7,12-15H2,1-4H3. The first kappa shape index (κ1) is 20.7. The average Bonchev–Trinajstić information content (AvgIpc) is 2.62. The molecule has 0 saturated heterocycles. The summed E-state index contributed by atoms with van der Waals surface area (Å²) in [5.41, 5.74) is 3.49. The lowest BCUT2D eigenvalue weighted by Gasteiger charge is -2.18. The minimum Gasteiger partial charge on any atom is -0.493 e. The monoisotopic (exact) mass is 420 g/mol. The summed E-state index contributed by atoms with van der Waals surface area (Å²) in [7, 11) is 5.87. The molecule has 0 fully saturated rings. The lowest BCUT2D eigenvalue weighted by Crippen LogP contribution is -2.21. The van der Waals surface area contributed by atoms with Gasteiger partial charge in [-0.2, -0.15) is 0 Å². The largest absolute Gasteiger partial charge is 0.493 e. The fourth-order valence-corrected chi connectivity index (χ4v) is 3.17. The predicted molar refractivity (Wildman–Crippen MR) is 111 cm³/mol. The molecule has 5 heteroatoms. The topological polar surface area (TPSA) is 33.7 Å². The van der Waals surface area contributed by atoms with Crippen molar-refractivity contribution in [2.24, 2.45) is 0 Å². The van der Waals surface area contributed by atoms with Gasteiger partial charge in [0.05, 0.1) is 7.11 Å². The highest BCUT2D eigenvalue weighted by atomic mass is 79.9. The van der Waals surface area contributed by atoms with Crippen molar-refractivity contribution in [3.05, 3.63) is 57.6 Å². The molecular weight excluding hydrogens is 392 g/mol.